The van der Waals surface area contributed by atoms with E-state index in [-0.39, 0.29) is 11.8 Å². The lowest BCUT2D eigenvalue weighted by Gasteiger charge is -2.08. The Hall–Kier alpha value is -3.40. The minimum atomic E-state index is -0.335. The van der Waals surface area contributed by atoms with Crippen LogP contribution >= 0.6 is 0 Å². The molecule has 0 aliphatic rings. The van der Waals surface area contributed by atoms with E-state index < -0.39 is 0 Å². The third-order valence-electron chi connectivity index (χ3n) is 4.05. The summed E-state index contributed by atoms with van der Waals surface area (Å²) < 4.78 is 0. The first-order valence-electron chi connectivity index (χ1n) is 8.51. The largest absolute Gasteiger partial charge is 0.273 e. The van der Waals surface area contributed by atoms with E-state index in [1.807, 2.05) is 72.8 Å². The third kappa shape index (κ3) is 4.80. The molecule has 0 saturated carbocycles. The minimum Gasteiger partial charge on any atom is -0.273 e. The Labute approximate surface area is 152 Å². The van der Waals surface area contributed by atoms with E-state index in [1.54, 1.807) is 12.1 Å². The fraction of sp³-hybridized carbons (Fsp3) is 0.0909. The first-order valence-corrected chi connectivity index (χ1v) is 8.51. The van der Waals surface area contributed by atoms with Gasteiger partial charge in [-0.25, -0.2) is 0 Å². The summed E-state index contributed by atoms with van der Waals surface area (Å²) in [7, 11) is 0. The molecule has 0 fully saturated rings. The maximum absolute atomic E-state index is 12.1. The smallest absolute Gasteiger partial charge is 0.269 e. The standard InChI is InChI=1S/C22H20N2O2/c25-21(16-11-17-7-3-1-4-8-17)23-24-22(26)20-14-12-19(13-15-20)18-9-5-2-6-10-18/h1-10,12-15H,11,16H2,(H,23,25)(H,24,26). The van der Waals surface area contributed by atoms with E-state index >= 15 is 0 Å². The van der Waals surface area contributed by atoms with E-state index in [0.717, 1.165) is 16.7 Å². The minimum absolute atomic E-state index is 0.219. The fourth-order valence-corrected chi connectivity index (χ4v) is 2.61. The van der Waals surface area contributed by atoms with Crippen LogP contribution in [0.2, 0.25) is 0 Å². The molecular formula is C22H20N2O2. The molecule has 0 aliphatic carbocycles. The summed E-state index contributed by atoms with van der Waals surface area (Å²) in [4.78, 5) is 24.0. The average Bonchev–Trinajstić information content (AvgIpc) is 2.72. The molecule has 3 aromatic rings. The van der Waals surface area contributed by atoms with Gasteiger partial charge in [-0.05, 0) is 35.2 Å². The summed E-state index contributed by atoms with van der Waals surface area (Å²) in [5.41, 5.74) is 8.62. The summed E-state index contributed by atoms with van der Waals surface area (Å²) in [6.07, 6.45) is 0.950. The summed E-state index contributed by atoms with van der Waals surface area (Å²) in [5.74, 6) is -0.555. The Kier molecular flexibility index (Phi) is 5.78. The van der Waals surface area contributed by atoms with Crippen LogP contribution in [0.4, 0.5) is 0 Å². The lowest BCUT2D eigenvalue weighted by molar-refractivity contribution is -0.121. The van der Waals surface area contributed by atoms with Crippen molar-refractivity contribution in [3.8, 4) is 11.1 Å². The van der Waals surface area contributed by atoms with E-state index in [4.69, 9.17) is 0 Å². The van der Waals surface area contributed by atoms with Crippen molar-refractivity contribution in [2.75, 3.05) is 0 Å². The molecule has 0 atom stereocenters. The lowest BCUT2D eigenvalue weighted by atomic mass is 10.0. The van der Waals surface area contributed by atoms with Crippen molar-refractivity contribution >= 4 is 11.8 Å². The quantitative estimate of drug-likeness (QED) is 0.693. The Morgan fingerprint density at radius 2 is 1.23 bits per heavy atom. The molecule has 2 amide bonds. The topological polar surface area (TPSA) is 58.2 Å². The van der Waals surface area contributed by atoms with Crippen molar-refractivity contribution < 1.29 is 9.59 Å². The highest BCUT2D eigenvalue weighted by Gasteiger charge is 2.08. The van der Waals surface area contributed by atoms with Gasteiger partial charge >= 0.3 is 0 Å². The molecule has 0 radical (unpaired) electrons. The summed E-state index contributed by atoms with van der Waals surface area (Å²) >= 11 is 0. The molecule has 3 rings (SSSR count). The number of aryl methyl sites for hydroxylation is 1. The Morgan fingerprint density at radius 3 is 1.88 bits per heavy atom. The van der Waals surface area contributed by atoms with Gasteiger partial charge in [-0.2, -0.15) is 0 Å². The van der Waals surface area contributed by atoms with E-state index in [0.29, 0.717) is 18.4 Å². The number of amides is 2. The zero-order valence-corrected chi connectivity index (χ0v) is 14.3. The van der Waals surface area contributed by atoms with Crippen molar-refractivity contribution in [2.45, 2.75) is 12.8 Å². The van der Waals surface area contributed by atoms with Crippen molar-refractivity contribution in [1.82, 2.24) is 10.9 Å². The lowest BCUT2D eigenvalue weighted by Crippen LogP contribution is -2.41. The van der Waals surface area contributed by atoms with Gasteiger partial charge in [0.1, 0.15) is 0 Å². The van der Waals surface area contributed by atoms with Crippen molar-refractivity contribution in [2.24, 2.45) is 0 Å². The number of carbonyl (C=O) groups is 2. The molecule has 4 heteroatoms. The molecule has 130 valence electrons. The van der Waals surface area contributed by atoms with Gasteiger partial charge in [-0.3, -0.25) is 20.4 Å². The van der Waals surface area contributed by atoms with Gasteiger partial charge < -0.3 is 0 Å². The monoisotopic (exact) mass is 344 g/mol. The number of hydrogen-bond donors (Lipinski definition) is 2. The Bertz CT molecular complexity index is 860. The molecular weight excluding hydrogens is 324 g/mol. The molecule has 0 heterocycles. The average molecular weight is 344 g/mol. The van der Waals surface area contributed by atoms with Crippen LogP contribution in [0, 0.1) is 0 Å². The predicted molar refractivity (Wildman–Crippen MR) is 102 cm³/mol. The van der Waals surface area contributed by atoms with E-state index in [1.165, 1.54) is 0 Å². The molecule has 0 saturated heterocycles. The van der Waals surface area contributed by atoms with Crippen LogP contribution in [0.15, 0.2) is 84.9 Å². The highest BCUT2D eigenvalue weighted by molar-refractivity contribution is 5.95. The van der Waals surface area contributed by atoms with Crippen LogP contribution in [0.5, 0.6) is 0 Å². The van der Waals surface area contributed by atoms with Gasteiger partial charge in [0.2, 0.25) is 5.91 Å². The van der Waals surface area contributed by atoms with Gasteiger partial charge in [-0.1, -0.05) is 72.8 Å². The van der Waals surface area contributed by atoms with E-state index in [2.05, 4.69) is 10.9 Å². The number of benzene rings is 3. The fourth-order valence-electron chi connectivity index (χ4n) is 2.61. The summed E-state index contributed by atoms with van der Waals surface area (Å²) in [5, 5.41) is 0. The number of hydrazine groups is 1. The molecule has 26 heavy (non-hydrogen) atoms. The Balaban J connectivity index is 1.49. The molecule has 2 N–H and O–H groups in total. The first-order chi connectivity index (χ1) is 12.7. The zero-order chi connectivity index (χ0) is 18.2. The van der Waals surface area contributed by atoms with Crippen LogP contribution in [-0.2, 0) is 11.2 Å². The second-order valence-corrected chi connectivity index (χ2v) is 5.93. The van der Waals surface area contributed by atoms with Crippen LogP contribution in [-0.4, -0.2) is 11.8 Å². The van der Waals surface area contributed by atoms with E-state index in [9.17, 15) is 9.59 Å². The molecule has 3 aromatic carbocycles. The molecule has 0 bridgehead atoms. The SMILES string of the molecule is O=C(CCc1ccccc1)NNC(=O)c1ccc(-c2ccccc2)cc1. The summed E-state index contributed by atoms with van der Waals surface area (Å²) in [6.45, 7) is 0. The highest BCUT2D eigenvalue weighted by Crippen LogP contribution is 2.19. The third-order valence-corrected chi connectivity index (χ3v) is 4.05. The van der Waals surface area contributed by atoms with Crippen LogP contribution in [0.1, 0.15) is 22.3 Å². The van der Waals surface area contributed by atoms with Crippen LogP contribution in [0.25, 0.3) is 11.1 Å². The second kappa shape index (κ2) is 8.62. The molecule has 0 unspecified atom stereocenters. The number of nitrogens with one attached hydrogen (secondary N) is 2. The molecule has 0 spiro atoms. The number of hydrogen-bond acceptors (Lipinski definition) is 2. The van der Waals surface area contributed by atoms with Crippen molar-refractivity contribution in [3.05, 3.63) is 96.1 Å². The normalized spacial score (nSPS) is 10.2. The molecule has 4 nitrogen and oxygen atoms in total. The second-order valence-electron chi connectivity index (χ2n) is 5.93. The Morgan fingerprint density at radius 1 is 0.654 bits per heavy atom. The van der Waals surface area contributed by atoms with Gasteiger partial charge in [0.25, 0.3) is 5.91 Å². The first kappa shape index (κ1) is 17.4. The van der Waals surface area contributed by atoms with Gasteiger partial charge in [0.05, 0.1) is 0 Å². The highest BCUT2D eigenvalue weighted by atomic mass is 16.2. The van der Waals surface area contributed by atoms with Crippen LogP contribution < -0.4 is 10.9 Å². The van der Waals surface area contributed by atoms with Gasteiger partial charge in [0.15, 0.2) is 0 Å². The maximum atomic E-state index is 12.1. The van der Waals surface area contributed by atoms with Crippen molar-refractivity contribution in [1.29, 1.82) is 0 Å². The van der Waals surface area contributed by atoms with Gasteiger partial charge in [0, 0.05) is 12.0 Å². The van der Waals surface area contributed by atoms with Gasteiger partial charge in [-0.15, -0.1) is 0 Å². The van der Waals surface area contributed by atoms with Crippen LogP contribution in [0.3, 0.4) is 0 Å². The number of carbonyl (C=O) groups excluding carboxylic acids is 2. The zero-order valence-electron chi connectivity index (χ0n) is 14.3. The van der Waals surface area contributed by atoms with Crippen molar-refractivity contribution in [3.63, 3.8) is 0 Å². The predicted octanol–water partition coefficient (Wildman–Crippen LogP) is 3.75. The summed E-state index contributed by atoms with van der Waals surface area (Å²) in [6, 6.07) is 27.0. The number of rotatable bonds is 5. The molecule has 0 aliphatic heterocycles. The molecule has 0 aromatic heterocycles. The maximum Gasteiger partial charge on any atom is 0.269 e.